The van der Waals surface area contributed by atoms with Crippen molar-refractivity contribution < 1.29 is 5.11 Å². The van der Waals surface area contributed by atoms with Gasteiger partial charge in [-0.2, -0.15) is 0 Å². The van der Waals surface area contributed by atoms with E-state index in [9.17, 15) is 0 Å². The molecule has 0 aliphatic heterocycles. The van der Waals surface area contributed by atoms with Crippen LogP contribution >= 0.6 is 0 Å². The summed E-state index contributed by atoms with van der Waals surface area (Å²) < 4.78 is 0. The van der Waals surface area contributed by atoms with Gasteiger partial charge in [-0.15, -0.1) is 0 Å². The van der Waals surface area contributed by atoms with Crippen molar-refractivity contribution >= 4 is 0 Å². The summed E-state index contributed by atoms with van der Waals surface area (Å²) in [5.74, 6) is 0. The largest absolute Gasteiger partial charge is 0.373 e. The highest BCUT2D eigenvalue weighted by molar-refractivity contribution is 4.70. The molecule has 0 spiro atoms. The number of rotatable bonds is 2. The summed E-state index contributed by atoms with van der Waals surface area (Å²) in [6.07, 6.45) is 0. The minimum atomic E-state index is -1.36. The van der Waals surface area contributed by atoms with E-state index in [0.717, 1.165) is 0 Å². The van der Waals surface area contributed by atoms with Gasteiger partial charge < -0.3 is 22.3 Å². The molecule has 0 aliphatic rings. The Bertz CT molecular complexity index is 48.1. The van der Waals surface area contributed by atoms with Crippen molar-refractivity contribution in [2.24, 2.45) is 17.2 Å². The third kappa shape index (κ3) is 2.52. The number of nitrogens with two attached hydrogens (primary N) is 3. The lowest BCUT2D eigenvalue weighted by Crippen LogP contribution is -2.52. The second-order valence-corrected chi connectivity index (χ2v) is 1.51. The second kappa shape index (κ2) is 2.23. The van der Waals surface area contributed by atoms with Gasteiger partial charge in [-0.3, -0.25) is 0 Å². The van der Waals surface area contributed by atoms with Crippen LogP contribution in [-0.2, 0) is 0 Å². The van der Waals surface area contributed by atoms with Gasteiger partial charge in [-0.25, -0.2) is 0 Å². The molecule has 4 nitrogen and oxygen atoms in total. The monoisotopic (exact) mass is 105 g/mol. The highest BCUT2D eigenvalue weighted by atomic mass is 16.3. The molecule has 0 aromatic rings. The summed E-state index contributed by atoms with van der Waals surface area (Å²) in [6, 6.07) is 0. The van der Waals surface area contributed by atoms with Crippen LogP contribution in [0.1, 0.15) is 0 Å². The highest BCUT2D eigenvalue weighted by Gasteiger charge is 2.13. The van der Waals surface area contributed by atoms with Gasteiger partial charge in [-0.1, -0.05) is 0 Å². The van der Waals surface area contributed by atoms with Gasteiger partial charge in [0, 0.05) is 13.1 Å². The molecule has 0 saturated carbocycles. The first kappa shape index (κ1) is 6.84. The molecule has 0 aliphatic carbocycles. The Morgan fingerprint density at radius 1 is 1.29 bits per heavy atom. The lowest BCUT2D eigenvalue weighted by Gasteiger charge is -2.16. The quantitative estimate of drug-likeness (QED) is 0.293. The van der Waals surface area contributed by atoms with Crippen molar-refractivity contribution in [1.82, 2.24) is 0 Å². The molecule has 0 unspecified atom stereocenters. The van der Waals surface area contributed by atoms with Crippen molar-refractivity contribution in [1.29, 1.82) is 0 Å². The van der Waals surface area contributed by atoms with E-state index in [0.29, 0.717) is 0 Å². The maximum atomic E-state index is 8.66. The maximum Gasteiger partial charge on any atom is 0.138 e. The minimum Gasteiger partial charge on any atom is -0.373 e. The zero-order valence-corrected chi connectivity index (χ0v) is 4.09. The van der Waals surface area contributed by atoms with E-state index in [4.69, 9.17) is 22.3 Å². The SMILES string of the molecule is NCC(N)(O)CN. The summed E-state index contributed by atoms with van der Waals surface area (Å²) in [4.78, 5) is 0. The highest BCUT2D eigenvalue weighted by Crippen LogP contribution is 1.82. The van der Waals surface area contributed by atoms with Gasteiger partial charge in [0.05, 0.1) is 0 Å². The van der Waals surface area contributed by atoms with E-state index < -0.39 is 5.72 Å². The predicted octanol–water partition coefficient (Wildman–Crippen LogP) is -2.45. The summed E-state index contributed by atoms with van der Waals surface area (Å²) in [7, 11) is 0. The zero-order valence-electron chi connectivity index (χ0n) is 4.09. The third-order valence-corrected chi connectivity index (χ3v) is 0.707. The van der Waals surface area contributed by atoms with Crippen molar-refractivity contribution in [3.63, 3.8) is 0 Å². The lowest BCUT2D eigenvalue weighted by molar-refractivity contribution is 0.0653. The molecule has 0 heterocycles. The summed E-state index contributed by atoms with van der Waals surface area (Å²) >= 11 is 0. The van der Waals surface area contributed by atoms with Crippen LogP contribution in [0.4, 0.5) is 0 Å². The average molecular weight is 105 g/mol. The van der Waals surface area contributed by atoms with Gasteiger partial charge in [0.25, 0.3) is 0 Å². The third-order valence-electron chi connectivity index (χ3n) is 0.707. The summed E-state index contributed by atoms with van der Waals surface area (Å²) in [6.45, 7) is 0.00694. The van der Waals surface area contributed by atoms with Gasteiger partial charge in [0.2, 0.25) is 0 Å². The average Bonchev–Trinajstić information content (AvgIpc) is 1.68. The molecular formula is C3H11N3O. The normalized spacial score (nSPS) is 12.0. The Labute approximate surface area is 42.3 Å². The Morgan fingerprint density at radius 3 is 1.57 bits per heavy atom. The van der Waals surface area contributed by atoms with E-state index >= 15 is 0 Å². The Balaban J connectivity index is 3.36. The van der Waals surface area contributed by atoms with Crippen LogP contribution in [0.25, 0.3) is 0 Å². The van der Waals surface area contributed by atoms with Gasteiger partial charge >= 0.3 is 0 Å². The molecule has 0 fully saturated rings. The fourth-order valence-electron chi connectivity index (χ4n) is 0.0833. The van der Waals surface area contributed by atoms with E-state index in [1.165, 1.54) is 0 Å². The maximum absolute atomic E-state index is 8.66. The predicted molar refractivity (Wildman–Crippen MR) is 27.2 cm³/mol. The van der Waals surface area contributed by atoms with Crippen molar-refractivity contribution in [3.05, 3.63) is 0 Å². The zero-order chi connectivity index (χ0) is 5.91. The first-order chi connectivity index (χ1) is 3.12. The summed E-state index contributed by atoms with van der Waals surface area (Å²) in [5.41, 5.74) is 13.6. The molecule has 4 heteroatoms. The Morgan fingerprint density at radius 2 is 1.57 bits per heavy atom. The standard InChI is InChI=1S/C3H11N3O/c4-1-3(6,7)2-5/h7H,1-2,4-6H2. The van der Waals surface area contributed by atoms with Gasteiger partial charge in [0.1, 0.15) is 5.72 Å². The van der Waals surface area contributed by atoms with E-state index in [1.807, 2.05) is 0 Å². The number of aliphatic hydroxyl groups is 1. The smallest absolute Gasteiger partial charge is 0.138 e. The topological polar surface area (TPSA) is 98.3 Å². The van der Waals surface area contributed by atoms with Crippen LogP contribution in [0.5, 0.6) is 0 Å². The van der Waals surface area contributed by atoms with E-state index in [-0.39, 0.29) is 13.1 Å². The van der Waals surface area contributed by atoms with Crippen LogP contribution < -0.4 is 17.2 Å². The Kier molecular flexibility index (Phi) is 2.17. The molecule has 0 radical (unpaired) electrons. The Hall–Kier alpha value is -0.160. The first-order valence-electron chi connectivity index (χ1n) is 2.04. The lowest BCUT2D eigenvalue weighted by atomic mass is 10.2. The van der Waals surface area contributed by atoms with E-state index in [2.05, 4.69) is 0 Å². The molecule has 7 heavy (non-hydrogen) atoms. The van der Waals surface area contributed by atoms with Gasteiger partial charge in [0.15, 0.2) is 0 Å². The van der Waals surface area contributed by atoms with Crippen molar-refractivity contribution in [2.45, 2.75) is 5.72 Å². The minimum absolute atomic E-state index is 0.00347. The molecule has 0 aromatic carbocycles. The van der Waals surface area contributed by atoms with Crippen molar-refractivity contribution in [3.8, 4) is 0 Å². The number of hydrogen-bond acceptors (Lipinski definition) is 4. The van der Waals surface area contributed by atoms with Crippen molar-refractivity contribution in [2.75, 3.05) is 13.1 Å². The molecule has 0 saturated heterocycles. The summed E-state index contributed by atoms with van der Waals surface area (Å²) in [5, 5.41) is 8.66. The molecule has 0 rings (SSSR count). The molecule has 0 atom stereocenters. The second-order valence-electron chi connectivity index (χ2n) is 1.51. The van der Waals surface area contributed by atoms with E-state index in [1.54, 1.807) is 0 Å². The molecular weight excluding hydrogens is 94.1 g/mol. The number of hydrogen-bond donors (Lipinski definition) is 4. The van der Waals surface area contributed by atoms with Crippen LogP contribution in [0.15, 0.2) is 0 Å². The van der Waals surface area contributed by atoms with Crippen LogP contribution in [-0.4, -0.2) is 23.9 Å². The first-order valence-corrected chi connectivity index (χ1v) is 2.04. The fourth-order valence-corrected chi connectivity index (χ4v) is 0.0833. The molecule has 0 bridgehead atoms. The molecule has 0 aromatic heterocycles. The van der Waals surface area contributed by atoms with Gasteiger partial charge in [-0.05, 0) is 0 Å². The van der Waals surface area contributed by atoms with Crippen LogP contribution in [0.3, 0.4) is 0 Å². The molecule has 44 valence electrons. The molecule has 7 N–H and O–H groups in total. The van der Waals surface area contributed by atoms with Crippen LogP contribution in [0.2, 0.25) is 0 Å². The van der Waals surface area contributed by atoms with Crippen LogP contribution in [0, 0.1) is 0 Å². The fraction of sp³-hybridized carbons (Fsp3) is 1.00. The molecule has 0 amide bonds.